The van der Waals surface area contributed by atoms with E-state index in [2.05, 4.69) is 16.0 Å². The zero-order valence-electron chi connectivity index (χ0n) is 24.5. The molecule has 1 unspecified atom stereocenters. The van der Waals surface area contributed by atoms with Gasteiger partial charge in [0.25, 0.3) is 0 Å². The van der Waals surface area contributed by atoms with Crippen LogP contribution in [0.4, 0.5) is 11.4 Å². The fourth-order valence-corrected chi connectivity index (χ4v) is 5.14. The van der Waals surface area contributed by atoms with E-state index in [1.165, 1.54) is 34.3 Å². The van der Waals surface area contributed by atoms with Crippen molar-refractivity contribution in [2.24, 2.45) is 0 Å². The van der Waals surface area contributed by atoms with Crippen LogP contribution in [0.3, 0.4) is 0 Å². The smallest absolute Gasteiger partial charge is 0.243 e. The zero-order chi connectivity index (χ0) is 30.4. The molecule has 1 atom stereocenters. The molecule has 3 N–H and O–H groups in total. The molecule has 0 bridgehead atoms. The van der Waals surface area contributed by atoms with E-state index in [4.69, 9.17) is 23.7 Å². The summed E-state index contributed by atoms with van der Waals surface area (Å²) in [7, 11) is 7.65. The zero-order valence-corrected chi connectivity index (χ0v) is 24.5. The van der Waals surface area contributed by atoms with Crippen LogP contribution in [0.25, 0.3) is 11.1 Å². The summed E-state index contributed by atoms with van der Waals surface area (Å²) >= 11 is 0. The van der Waals surface area contributed by atoms with Crippen molar-refractivity contribution in [2.75, 3.05) is 52.7 Å². The summed E-state index contributed by atoms with van der Waals surface area (Å²) < 4.78 is 27.6. The molecule has 1 aliphatic rings. The van der Waals surface area contributed by atoms with Crippen LogP contribution in [0.5, 0.6) is 28.7 Å². The standard InChI is InChI=1S/C31H35N3O8/c1-17(35)33-22-10-7-18-13-27(40-4)30(41-5)31(42-6)29(18)20-9-11-23(25(36)15-21(20)22)32-16-28(37)34-24-14-19(38-2)8-12-26(24)39-3/h8-9,11-15,22H,7,10,16H2,1-6H3,(H,32,36)(H,33,35)(H,34,37). The van der Waals surface area contributed by atoms with Gasteiger partial charge in [0.2, 0.25) is 23.0 Å². The van der Waals surface area contributed by atoms with Crippen molar-refractivity contribution in [1.29, 1.82) is 0 Å². The molecule has 3 aromatic rings. The highest BCUT2D eigenvalue weighted by Gasteiger charge is 2.29. The maximum absolute atomic E-state index is 13.5. The van der Waals surface area contributed by atoms with Crippen molar-refractivity contribution in [3.8, 4) is 39.9 Å². The van der Waals surface area contributed by atoms with E-state index < -0.39 is 11.9 Å². The number of nitrogens with one attached hydrogen (secondary N) is 3. The maximum atomic E-state index is 13.5. The molecule has 2 amide bonds. The van der Waals surface area contributed by atoms with Gasteiger partial charge in [-0.1, -0.05) is 6.07 Å². The fourth-order valence-electron chi connectivity index (χ4n) is 5.14. The number of rotatable bonds is 10. The molecule has 222 valence electrons. The average molecular weight is 578 g/mol. The van der Waals surface area contributed by atoms with E-state index in [0.717, 1.165) is 11.1 Å². The third-order valence-corrected chi connectivity index (χ3v) is 7.04. The Morgan fingerprint density at radius 3 is 2.21 bits per heavy atom. The summed E-state index contributed by atoms with van der Waals surface area (Å²) in [6.07, 6.45) is 1.12. The van der Waals surface area contributed by atoms with Gasteiger partial charge in [-0.25, -0.2) is 0 Å². The summed E-state index contributed by atoms with van der Waals surface area (Å²) in [6.45, 7) is 1.25. The molecule has 0 saturated carbocycles. The SMILES string of the molecule is COc1ccc(OC)c(NC(=O)CNc2ccc3c(cc2=O)C(NC(C)=O)CCc2cc(OC)c(OC)c(OC)c2-3)c1. The number of hydrogen-bond acceptors (Lipinski definition) is 9. The summed E-state index contributed by atoms with van der Waals surface area (Å²) in [4.78, 5) is 38.4. The Hall–Kier alpha value is -4.93. The average Bonchev–Trinajstić information content (AvgIpc) is 3.23. The van der Waals surface area contributed by atoms with E-state index in [1.54, 1.807) is 44.6 Å². The predicted octanol–water partition coefficient (Wildman–Crippen LogP) is 3.93. The van der Waals surface area contributed by atoms with E-state index in [1.807, 2.05) is 6.07 Å². The Labute approximate surface area is 244 Å². The number of methoxy groups -OCH3 is 5. The summed E-state index contributed by atoms with van der Waals surface area (Å²) in [6, 6.07) is 11.4. The van der Waals surface area contributed by atoms with Gasteiger partial charge >= 0.3 is 0 Å². The summed E-state index contributed by atoms with van der Waals surface area (Å²) in [5.74, 6) is 1.78. The minimum Gasteiger partial charge on any atom is -0.497 e. The lowest BCUT2D eigenvalue weighted by atomic mass is 9.95. The molecule has 0 heterocycles. The monoisotopic (exact) mass is 577 g/mol. The lowest BCUT2D eigenvalue weighted by Crippen LogP contribution is -2.27. The third kappa shape index (κ3) is 6.19. The van der Waals surface area contributed by atoms with E-state index in [9.17, 15) is 14.4 Å². The molecule has 1 aliphatic carbocycles. The number of amides is 2. The number of carbonyl (C=O) groups is 2. The topological polar surface area (TPSA) is 133 Å². The Balaban J connectivity index is 1.74. The Kier molecular flexibility index (Phi) is 9.41. The lowest BCUT2D eigenvalue weighted by Gasteiger charge is -2.19. The second kappa shape index (κ2) is 13.2. The first kappa shape index (κ1) is 30.0. The van der Waals surface area contributed by atoms with Gasteiger partial charge in [-0.2, -0.15) is 0 Å². The van der Waals surface area contributed by atoms with Crippen molar-refractivity contribution in [1.82, 2.24) is 5.32 Å². The van der Waals surface area contributed by atoms with E-state index in [-0.39, 0.29) is 23.6 Å². The Morgan fingerprint density at radius 1 is 0.833 bits per heavy atom. The third-order valence-electron chi connectivity index (χ3n) is 7.04. The lowest BCUT2D eigenvalue weighted by molar-refractivity contribution is -0.119. The highest BCUT2D eigenvalue weighted by molar-refractivity contribution is 5.95. The van der Waals surface area contributed by atoms with Crippen molar-refractivity contribution >= 4 is 23.2 Å². The Bertz CT molecular complexity index is 1560. The van der Waals surface area contributed by atoms with Gasteiger partial charge in [-0.15, -0.1) is 0 Å². The molecule has 3 aromatic carbocycles. The van der Waals surface area contributed by atoms with Crippen LogP contribution in [-0.2, 0) is 16.0 Å². The molecule has 42 heavy (non-hydrogen) atoms. The summed E-state index contributed by atoms with van der Waals surface area (Å²) in [5, 5.41) is 8.70. The van der Waals surface area contributed by atoms with Crippen LogP contribution in [0.15, 0.2) is 47.3 Å². The van der Waals surface area contributed by atoms with Crippen LogP contribution in [0.2, 0.25) is 0 Å². The molecule has 4 rings (SSSR count). The number of carbonyl (C=O) groups excluding carboxylic acids is 2. The number of ether oxygens (including phenoxy) is 5. The molecule has 0 aliphatic heterocycles. The molecule has 0 saturated heterocycles. The fraction of sp³-hybridized carbons (Fsp3) is 0.323. The summed E-state index contributed by atoms with van der Waals surface area (Å²) in [5.41, 5.74) is 3.26. The second-order valence-electron chi connectivity index (χ2n) is 9.56. The van der Waals surface area contributed by atoms with E-state index >= 15 is 0 Å². The highest BCUT2D eigenvalue weighted by Crippen LogP contribution is 2.50. The predicted molar refractivity (Wildman–Crippen MR) is 159 cm³/mol. The molecule has 0 aromatic heterocycles. The first-order valence-electron chi connectivity index (χ1n) is 13.3. The van der Waals surface area contributed by atoms with Crippen LogP contribution in [-0.4, -0.2) is 53.9 Å². The highest BCUT2D eigenvalue weighted by atomic mass is 16.5. The van der Waals surface area contributed by atoms with Gasteiger partial charge < -0.3 is 39.6 Å². The number of aryl methyl sites for hydroxylation is 1. The van der Waals surface area contributed by atoms with Gasteiger partial charge in [0.05, 0.1) is 59.5 Å². The van der Waals surface area contributed by atoms with Gasteiger partial charge in [0.1, 0.15) is 11.5 Å². The van der Waals surface area contributed by atoms with Crippen LogP contribution in [0.1, 0.15) is 30.5 Å². The molecule has 11 nitrogen and oxygen atoms in total. The molecular formula is C31H35N3O8. The molecule has 0 radical (unpaired) electrons. The van der Waals surface area contributed by atoms with Gasteiger partial charge in [0.15, 0.2) is 11.5 Å². The minimum atomic E-state index is -0.441. The molecule has 11 heteroatoms. The van der Waals surface area contributed by atoms with Crippen molar-refractivity contribution in [3.05, 3.63) is 63.8 Å². The molecular weight excluding hydrogens is 542 g/mol. The minimum absolute atomic E-state index is 0.190. The largest absolute Gasteiger partial charge is 0.497 e. The quantitative estimate of drug-likeness (QED) is 0.328. The van der Waals surface area contributed by atoms with Crippen LogP contribution < -0.4 is 45.1 Å². The molecule has 0 spiro atoms. The van der Waals surface area contributed by atoms with Gasteiger partial charge in [0, 0.05) is 18.6 Å². The normalized spacial score (nSPS) is 13.4. The Morgan fingerprint density at radius 2 is 1.57 bits per heavy atom. The first-order valence-corrected chi connectivity index (χ1v) is 13.3. The number of fused-ring (bicyclic) bond motifs is 3. The van der Waals surface area contributed by atoms with Crippen molar-refractivity contribution in [2.45, 2.75) is 25.8 Å². The second-order valence-corrected chi connectivity index (χ2v) is 9.56. The van der Waals surface area contributed by atoms with Crippen LogP contribution in [0, 0.1) is 0 Å². The molecule has 0 fully saturated rings. The number of anilines is 2. The van der Waals surface area contributed by atoms with Gasteiger partial charge in [-0.3, -0.25) is 14.4 Å². The van der Waals surface area contributed by atoms with Gasteiger partial charge in [-0.05, 0) is 59.9 Å². The van der Waals surface area contributed by atoms with Crippen molar-refractivity contribution in [3.63, 3.8) is 0 Å². The maximum Gasteiger partial charge on any atom is 0.243 e. The number of hydrogen-bond donors (Lipinski definition) is 3. The van der Waals surface area contributed by atoms with Crippen molar-refractivity contribution < 1.29 is 33.3 Å². The van der Waals surface area contributed by atoms with Crippen LogP contribution >= 0.6 is 0 Å². The first-order chi connectivity index (χ1) is 20.2. The van der Waals surface area contributed by atoms with E-state index in [0.29, 0.717) is 58.4 Å². The number of benzene rings is 2.